The molecule has 1 aromatic carbocycles. The Labute approximate surface area is 196 Å². The van der Waals surface area contributed by atoms with Crippen LogP contribution in [0.3, 0.4) is 0 Å². The van der Waals surface area contributed by atoms with Gasteiger partial charge in [-0.25, -0.2) is 9.18 Å². The minimum Gasteiger partial charge on any atom is -0.494 e. The maximum absolute atomic E-state index is 14.7. The molecule has 0 bridgehead atoms. The molecule has 0 unspecified atom stereocenters. The summed E-state index contributed by atoms with van der Waals surface area (Å²) < 4.78 is 31.5. The van der Waals surface area contributed by atoms with E-state index in [4.69, 9.17) is 19.9 Å². The molecule has 0 spiro atoms. The highest BCUT2D eigenvalue weighted by molar-refractivity contribution is 7.13. The first-order chi connectivity index (χ1) is 15.6. The van der Waals surface area contributed by atoms with Crippen molar-refractivity contribution >= 4 is 29.0 Å². The summed E-state index contributed by atoms with van der Waals surface area (Å²) in [6, 6.07) is 1.26. The van der Waals surface area contributed by atoms with Gasteiger partial charge in [-0.15, -0.1) is 11.3 Å². The molecule has 0 radical (unpaired) electrons. The summed E-state index contributed by atoms with van der Waals surface area (Å²) in [4.78, 5) is 29.4. The third-order valence-corrected chi connectivity index (χ3v) is 6.54. The zero-order valence-corrected chi connectivity index (χ0v) is 20.0. The summed E-state index contributed by atoms with van der Waals surface area (Å²) in [6.07, 6.45) is -0.0504. The van der Waals surface area contributed by atoms with Crippen LogP contribution in [0.25, 0.3) is 11.1 Å². The molecule has 0 atom stereocenters. The quantitative estimate of drug-likeness (QED) is 0.662. The van der Waals surface area contributed by atoms with Crippen LogP contribution in [0.4, 0.5) is 14.9 Å². The van der Waals surface area contributed by atoms with Gasteiger partial charge in [-0.05, 0) is 20.8 Å². The molecule has 2 aliphatic rings. The second-order valence-corrected chi connectivity index (χ2v) is 9.88. The molecule has 0 saturated carbocycles. The summed E-state index contributed by atoms with van der Waals surface area (Å²) in [5.74, 6) is 0.191. The first kappa shape index (κ1) is 23.2. The van der Waals surface area contributed by atoms with Crippen molar-refractivity contribution in [3.8, 4) is 22.6 Å². The van der Waals surface area contributed by atoms with Crippen LogP contribution in [0.1, 0.15) is 36.0 Å². The Morgan fingerprint density at radius 3 is 2.48 bits per heavy atom. The molecule has 4 rings (SSSR count). The predicted octanol–water partition coefficient (Wildman–Crippen LogP) is 3.77. The van der Waals surface area contributed by atoms with Crippen LogP contribution < -0.4 is 15.2 Å². The number of hydrogen-bond donors (Lipinski definition) is 1. The fraction of sp³-hybridized carbons (Fsp3) is 0.478. The standard InChI is InChI=1S/C23H28FN3O5S/c1-23(2,3)32-22(29)27-8-6-26(7-9-27)21(28)20-18-14(12-33-20)17-13(5-10-31-18)15(24)11-16(25)19(17)30-4/h11-12H,5-10,25H2,1-4H3. The minimum atomic E-state index is -0.573. The van der Waals surface area contributed by atoms with Gasteiger partial charge in [0.2, 0.25) is 0 Å². The van der Waals surface area contributed by atoms with Crippen LogP contribution in [0.5, 0.6) is 11.5 Å². The van der Waals surface area contributed by atoms with Crippen molar-refractivity contribution in [2.75, 3.05) is 45.6 Å². The average molecular weight is 478 g/mol. The number of nitrogens with two attached hydrogens (primary N) is 1. The van der Waals surface area contributed by atoms with Crippen LogP contribution in [-0.4, -0.2) is 67.3 Å². The monoisotopic (exact) mass is 477 g/mol. The Bertz CT molecular complexity index is 1090. The number of carbonyl (C=O) groups is 2. The van der Waals surface area contributed by atoms with Gasteiger partial charge in [0.1, 0.15) is 22.0 Å². The molecular weight excluding hydrogens is 449 g/mol. The molecule has 10 heteroatoms. The summed E-state index contributed by atoms with van der Waals surface area (Å²) >= 11 is 1.25. The maximum atomic E-state index is 14.7. The van der Waals surface area contributed by atoms with E-state index in [-0.39, 0.29) is 24.3 Å². The van der Waals surface area contributed by atoms with Gasteiger partial charge >= 0.3 is 6.09 Å². The van der Waals surface area contributed by atoms with Crippen LogP contribution >= 0.6 is 11.3 Å². The highest BCUT2D eigenvalue weighted by Gasteiger charge is 2.33. The van der Waals surface area contributed by atoms with Gasteiger partial charge in [-0.1, -0.05) is 0 Å². The number of hydrogen-bond acceptors (Lipinski definition) is 7. The van der Waals surface area contributed by atoms with Crippen molar-refractivity contribution in [1.29, 1.82) is 0 Å². The molecule has 33 heavy (non-hydrogen) atoms. The van der Waals surface area contributed by atoms with Gasteiger partial charge in [0, 0.05) is 60.7 Å². The van der Waals surface area contributed by atoms with E-state index < -0.39 is 11.4 Å². The van der Waals surface area contributed by atoms with E-state index in [1.54, 1.807) is 15.2 Å². The number of nitrogens with zero attached hydrogens (tertiary/aromatic N) is 2. The topological polar surface area (TPSA) is 94.3 Å². The molecule has 2 amide bonds. The van der Waals surface area contributed by atoms with Crippen molar-refractivity contribution in [3.63, 3.8) is 0 Å². The number of piperazine rings is 1. The molecule has 2 aromatic rings. The molecular formula is C23H28FN3O5S. The van der Waals surface area contributed by atoms with E-state index in [9.17, 15) is 14.0 Å². The Kier molecular flexibility index (Phi) is 6.13. The lowest BCUT2D eigenvalue weighted by atomic mass is 9.97. The molecule has 0 aliphatic carbocycles. The normalized spacial score (nSPS) is 15.8. The zero-order valence-electron chi connectivity index (χ0n) is 19.2. The molecule has 178 valence electrons. The largest absolute Gasteiger partial charge is 0.494 e. The van der Waals surface area contributed by atoms with E-state index >= 15 is 0 Å². The summed E-state index contributed by atoms with van der Waals surface area (Å²) in [5, 5.41) is 1.78. The van der Waals surface area contributed by atoms with Gasteiger partial charge in [0.15, 0.2) is 5.75 Å². The molecule has 2 aliphatic heterocycles. The number of amides is 2. The first-order valence-corrected chi connectivity index (χ1v) is 11.7. The van der Waals surface area contributed by atoms with Gasteiger partial charge < -0.3 is 29.7 Å². The van der Waals surface area contributed by atoms with Crippen LogP contribution in [0, 0.1) is 5.82 Å². The Morgan fingerprint density at radius 1 is 1.18 bits per heavy atom. The first-order valence-electron chi connectivity index (χ1n) is 10.8. The van der Waals surface area contributed by atoms with Crippen LogP contribution in [0.2, 0.25) is 0 Å². The van der Waals surface area contributed by atoms with Crippen LogP contribution in [0.15, 0.2) is 11.4 Å². The number of ether oxygens (including phenoxy) is 3. The van der Waals surface area contributed by atoms with E-state index in [1.807, 2.05) is 20.8 Å². The molecule has 1 fully saturated rings. The third kappa shape index (κ3) is 4.44. The summed E-state index contributed by atoms with van der Waals surface area (Å²) in [6.45, 7) is 7.21. The van der Waals surface area contributed by atoms with Gasteiger partial charge in [-0.2, -0.15) is 0 Å². The number of methoxy groups -OCH3 is 1. The highest BCUT2D eigenvalue weighted by Crippen LogP contribution is 2.48. The molecule has 8 nitrogen and oxygen atoms in total. The van der Waals surface area contributed by atoms with E-state index in [0.717, 1.165) is 0 Å². The van der Waals surface area contributed by atoms with E-state index in [1.165, 1.54) is 24.5 Å². The lowest BCUT2D eigenvalue weighted by Crippen LogP contribution is -2.51. The second-order valence-electron chi connectivity index (χ2n) is 9.00. The number of rotatable bonds is 2. The number of anilines is 1. The van der Waals surface area contributed by atoms with Crippen molar-refractivity contribution in [2.45, 2.75) is 32.8 Å². The Hall–Kier alpha value is -3.01. The SMILES string of the molecule is COc1c(N)cc(F)c2c1-c1csc(C(=O)N3CCN(C(=O)OC(C)(C)C)CC3)c1OCC2. The number of thiophene rings is 1. The highest BCUT2D eigenvalue weighted by atomic mass is 32.1. The Morgan fingerprint density at radius 2 is 1.85 bits per heavy atom. The minimum absolute atomic E-state index is 0.183. The lowest BCUT2D eigenvalue weighted by Gasteiger charge is -2.35. The summed E-state index contributed by atoms with van der Waals surface area (Å²) in [7, 11) is 1.48. The predicted molar refractivity (Wildman–Crippen MR) is 124 cm³/mol. The lowest BCUT2D eigenvalue weighted by molar-refractivity contribution is 0.0141. The van der Waals surface area contributed by atoms with Gasteiger partial charge in [0.05, 0.1) is 19.4 Å². The molecule has 2 N–H and O–H groups in total. The number of halogens is 1. The van der Waals surface area contributed by atoms with Crippen molar-refractivity contribution in [2.24, 2.45) is 0 Å². The number of carbonyl (C=O) groups excluding carboxylic acids is 2. The molecule has 1 aromatic heterocycles. The fourth-order valence-corrected chi connectivity index (χ4v) is 5.03. The van der Waals surface area contributed by atoms with Crippen molar-refractivity contribution < 1.29 is 28.2 Å². The van der Waals surface area contributed by atoms with Crippen molar-refractivity contribution in [3.05, 3.63) is 27.7 Å². The average Bonchev–Trinajstić information content (AvgIpc) is 3.07. The Balaban J connectivity index is 1.57. The van der Waals surface area contributed by atoms with Crippen molar-refractivity contribution in [1.82, 2.24) is 9.80 Å². The number of benzene rings is 1. The van der Waals surface area contributed by atoms with E-state index in [0.29, 0.717) is 65.7 Å². The third-order valence-electron chi connectivity index (χ3n) is 5.59. The smallest absolute Gasteiger partial charge is 0.410 e. The molecule has 3 heterocycles. The van der Waals surface area contributed by atoms with Crippen LogP contribution in [-0.2, 0) is 11.2 Å². The van der Waals surface area contributed by atoms with E-state index in [2.05, 4.69) is 0 Å². The number of nitrogen functional groups attached to an aromatic ring is 1. The fourth-order valence-electron chi connectivity index (χ4n) is 4.07. The molecule has 1 saturated heterocycles. The second kappa shape index (κ2) is 8.74. The van der Waals surface area contributed by atoms with Gasteiger partial charge in [-0.3, -0.25) is 4.79 Å². The zero-order chi connectivity index (χ0) is 23.9. The number of fused-ring (bicyclic) bond motifs is 3. The summed E-state index contributed by atoms with van der Waals surface area (Å²) in [5.41, 5.74) is 7.22. The maximum Gasteiger partial charge on any atom is 0.410 e. The van der Waals surface area contributed by atoms with Gasteiger partial charge in [0.25, 0.3) is 5.91 Å².